The van der Waals surface area contributed by atoms with Gasteiger partial charge in [0.25, 0.3) is 0 Å². The summed E-state index contributed by atoms with van der Waals surface area (Å²) in [6, 6.07) is 6.52. The van der Waals surface area contributed by atoms with Crippen molar-refractivity contribution in [2.45, 2.75) is 50.8 Å². The van der Waals surface area contributed by atoms with Crippen LogP contribution in [0.15, 0.2) is 22.7 Å². The minimum absolute atomic E-state index is 0.594. The van der Waals surface area contributed by atoms with Crippen LogP contribution in [0.25, 0.3) is 0 Å². The van der Waals surface area contributed by atoms with Crippen LogP contribution in [-0.4, -0.2) is 13.1 Å². The molecule has 2 aliphatic rings. The maximum absolute atomic E-state index is 6.12. The molecule has 1 aliphatic heterocycles. The molecule has 0 atom stereocenters. The van der Waals surface area contributed by atoms with Crippen LogP contribution in [0.5, 0.6) is 0 Å². The average Bonchev–Trinajstić information content (AvgIpc) is 2.49. The fourth-order valence-electron chi connectivity index (χ4n) is 3.99. The van der Waals surface area contributed by atoms with Gasteiger partial charge in [0.15, 0.2) is 0 Å². The van der Waals surface area contributed by atoms with E-state index in [1.807, 2.05) is 0 Å². The number of benzene rings is 1. The predicted molar refractivity (Wildman–Crippen MR) is 90.7 cm³/mol. The zero-order valence-corrected chi connectivity index (χ0v) is 14.3. The molecular weight excluding hydrogens is 334 g/mol. The number of hydrogen-bond acceptors (Lipinski definition) is 1. The summed E-state index contributed by atoms with van der Waals surface area (Å²) in [5.41, 5.74) is 3.26. The number of piperidine rings is 1. The van der Waals surface area contributed by atoms with Crippen molar-refractivity contribution < 1.29 is 0 Å². The molecule has 1 aromatic carbocycles. The first-order valence-corrected chi connectivity index (χ1v) is 9.15. The first-order valence-electron chi connectivity index (χ1n) is 7.82. The molecule has 1 aromatic rings. The van der Waals surface area contributed by atoms with Gasteiger partial charge < -0.3 is 4.90 Å². The maximum atomic E-state index is 6.12. The third kappa shape index (κ3) is 3.01. The van der Waals surface area contributed by atoms with E-state index in [-0.39, 0.29) is 0 Å². The van der Waals surface area contributed by atoms with Gasteiger partial charge in [-0.2, -0.15) is 0 Å². The molecule has 0 unspecified atom stereocenters. The summed E-state index contributed by atoms with van der Waals surface area (Å²) in [5, 5.41) is 0. The highest BCUT2D eigenvalue weighted by Crippen LogP contribution is 2.45. The van der Waals surface area contributed by atoms with Gasteiger partial charge in [-0.25, -0.2) is 0 Å². The Bertz CT molecular complexity index is 458. The number of nitrogens with zero attached hydrogens (tertiary/aromatic N) is 1. The van der Waals surface area contributed by atoms with Gasteiger partial charge in [-0.3, -0.25) is 0 Å². The standard InChI is InChI=1S/C17H23BrClN/c18-15-4-5-16(14(12-15)13-19)20-10-8-17(9-11-20)6-2-1-3-7-17/h4-5,12H,1-3,6-11,13H2. The Morgan fingerprint density at radius 1 is 1.05 bits per heavy atom. The van der Waals surface area contributed by atoms with E-state index < -0.39 is 0 Å². The average molecular weight is 357 g/mol. The summed E-state index contributed by atoms with van der Waals surface area (Å²) in [6.07, 6.45) is 10.0. The van der Waals surface area contributed by atoms with E-state index in [1.54, 1.807) is 0 Å². The monoisotopic (exact) mass is 355 g/mol. The topological polar surface area (TPSA) is 3.24 Å². The van der Waals surface area contributed by atoms with Crippen molar-refractivity contribution in [1.82, 2.24) is 0 Å². The second-order valence-electron chi connectivity index (χ2n) is 6.45. The Labute approximate surface area is 135 Å². The van der Waals surface area contributed by atoms with Crippen LogP contribution in [0.2, 0.25) is 0 Å². The highest BCUT2D eigenvalue weighted by atomic mass is 79.9. The molecule has 20 heavy (non-hydrogen) atoms. The molecule has 0 radical (unpaired) electrons. The van der Waals surface area contributed by atoms with E-state index >= 15 is 0 Å². The van der Waals surface area contributed by atoms with Crippen molar-refractivity contribution in [3.05, 3.63) is 28.2 Å². The van der Waals surface area contributed by atoms with Crippen LogP contribution >= 0.6 is 27.5 Å². The van der Waals surface area contributed by atoms with Gasteiger partial charge in [0, 0.05) is 29.1 Å². The van der Waals surface area contributed by atoms with E-state index in [0.29, 0.717) is 11.3 Å². The summed E-state index contributed by atoms with van der Waals surface area (Å²) < 4.78 is 1.12. The van der Waals surface area contributed by atoms with E-state index in [0.717, 1.165) is 4.47 Å². The smallest absolute Gasteiger partial charge is 0.0494 e. The highest BCUT2D eigenvalue weighted by molar-refractivity contribution is 9.10. The van der Waals surface area contributed by atoms with Gasteiger partial charge in [-0.15, -0.1) is 11.6 Å². The first-order chi connectivity index (χ1) is 9.72. The Kier molecular flexibility index (Phi) is 4.62. The summed E-state index contributed by atoms with van der Waals surface area (Å²) in [4.78, 5) is 2.55. The lowest BCUT2D eigenvalue weighted by atomic mass is 9.68. The normalized spacial score (nSPS) is 22.2. The molecule has 0 N–H and O–H groups in total. The van der Waals surface area contributed by atoms with E-state index in [4.69, 9.17) is 11.6 Å². The third-order valence-corrected chi connectivity index (χ3v) is 6.05. The van der Waals surface area contributed by atoms with Gasteiger partial charge in [-0.1, -0.05) is 35.2 Å². The molecule has 1 saturated carbocycles. The van der Waals surface area contributed by atoms with Crippen LogP contribution in [-0.2, 0) is 5.88 Å². The molecule has 3 rings (SSSR count). The fraction of sp³-hybridized carbons (Fsp3) is 0.647. The van der Waals surface area contributed by atoms with Crippen LogP contribution in [0, 0.1) is 5.41 Å². The van der Waals surface area contributed by atoms with Gasteiger partial charge in [-0.05, 0) is 54.9 Å². The van der Waals surface area contributed by atoms with Gasteiger partial charge >= 0.3 is 0 Å². The molecule has 1 saturated heterocycles. The maximum Gasteiger partial charge on any atom is 0.0494 e. The molecule has 2 fully saturated rings. The molecule has 1 heterocycles. The van der Waals surface area contributed by atoms with Crippen LogP contribution < -0.4 is 4.90 Å². The SMILES string of the molecule is ClCc1cc(Br)ccc1N1CCC2(CCCCC2)CC1. The van der Waals surface area contributed by atoms with Crippen molar-refractivity contribution in [3.8, 4) is 0 Å². The fourth-order valence-corrected chi connectivity index (χ4v) is 4.62. The predicted octanol–water partition coefficient (Wildman–Crippen LogP) is 5.74. The molecule has 1 nitrogen and oxygen atoms in total. The number of alkyl halides is 1. The van der Waals surface area contributed by atoms with E-state index in [2.05, 4.69) is 39.0 Å². The summed E-state index contributed by atoms with van der Waals surface area (Å²) in [5.74, 6) is 0.594. The zero-order valence-electron chi connectivity index (χ0n) is 12.0. The van der Waals surface area contributed by atoms with Crippen molar-refractivity contribution in [2.75, 3.05) is 18.0 Å². The third-order valence-electron chi connectivity index (χ3n) is 5.26. The van der Waals surface area contributed by atoms with Crippen LogP contribution in [0.1, 0.15) is 50.5 Å². The lowest BCUT2D eigenvalue weighted by Gasteiger charge is -2.45. The lowest BCUT2D eigenvalue weighted by Crippen LogP contribution is -2.41. The molecule has 0 amide bonds. The number of hydrogen-bond donors (Lipinski definition) is 0. The summed E-state index contributed by atoms with van der Waals surface area (Å²) in [6.45, 7) is 2.40. The van der Waals surface area contributed by atoms with Gasteiger partial charge in [0.1, 0.15) is 0 Å². The quantitative estimate of drug-likeness (QED) is 0.611. The minimum atomic E-state index is 0.594. The van der Waals surface area contributed by atoms with E-state index in [1.165, 1.54) is 69.3 Å². The van der Waals surface area contributed by atoms with Gasteiger partial charge in [0.05, 0.1) is 0 Å². The zero-order chi connectivity index (χ0) is 14.0. The van der Waals surface area contributed by atoms with Gasteiger partial charge in [0.2, 0.25) is 0 Å². The molecule has 3 heteroatoms. The molecule has 0 aromatic heterocycles. The molecule has 1 aliphatic carbocycles. The molecule has 1 spiro atoms. The largest absolute Gasteiger partial charge is 0.371 e. The highest BCUT2D eigenvalue weighted by Gasteiger charge is 2.35. The Morgan fingerprint density at radius 3 is 2.40 bits per heavy atom. The van der Waals surface area contributed by atoms with Crippen molar-refractivity contribution in [2.24, 2.45) is 5.41 Å². The van der Waals surface area contributed by atoms with E-state index in [9.17, 15) is 0 Å². The summed E-state index contributed by atoms with van der Waals surface area (Å²) >= 11 is 9.66. The molecular formula is C17H23BrClN. The number of anilines is 1. The number of halogens is 2. The summed E-state index contributed by atoms with van der Waals surface area (Å²) in [7, 11) is 0. The second-order valence-corrected chi connectivity index (χ2v) is 7.64. The second kappa shape index (κ2) is 6.27. The van der Waals surface area contributed by atoms with Crippen molar-refractivity contribution in [3.63, 3.8) is 0 Å². The minimum Gasteiger partial charge on any atom is -0.371 e. The van der Waals surface area contributed by atoms with Crippen molar-refractivity contribution in [1.29, 1.82) is 0 Å². The molecule has 110 valence electrons. The number of rotatable bonds is 2. The Morgan fingerprint density at radius 2 is 1.75 bits per heavy atom. The van der Waals surface area contributed by atoms with Crippen molar-refractivity contribution >= 4 is 33.2 Å². The Hall–Kier alpha value is -0.210. The van der Waals surface area contributed by atoms with Crippen LogP contribution in [0.3, 0.4) is 0 Å². The lowest BCUT2D eigenvalue weighted by molar-refractivity contribution is 0.144. The Balaban J connectivity index is 1.71. The first kappa shape index (κ1) is 14.7. The molecule has 0 bridgehead atoms. The van der Waals surface area contributed by atoms with Crippen LogP contribution in [0.4, 0.5) is 5.69 Å².